The van der Waals surface area contributed by atoms with Crippen LogP contribution in [0.15, 0.2) is 35.9 Å². The second-order valence-electron chi connectivity index (χ2n) is 22.5. The van der Waals surface area contributed by atoms with Crippen LogP contribution in [0.25, 0.3) is 0 Å². The number of rotatable bonds is 22. The number of aliphatic carboxylic acids is 1. The Morgan fingerprint density at radius 3 is 2.39 bits per heavy atom. The molecule has 19 nitrogen and oxygen atoms in total. The zero-order chi connectivity index (χ0) is 58.5. The molecule has 5 N–H and O–H groups in total. The van der Waals surface area contributed by atoms with E-state index in [-0.39, 0.29) is 54.3 Å². The Morgan fingerprint density at radius 1 is 1.04 bits per heavy atom. The van der Waals surface area contributed by atoms with E-state index >= 15 is 0 Å². The van der Waals surface area contributed by atoms with Gasteiger partial charge in [0.2, 0.25) is 23.6 Å². The number of carboxylic acids is 1. The number of esters is 1. The highest BCUT2D eigenvalue weighted by Gasteiger charge is 2.64. The smallest absolute Gasteiger partial charge is 0.409 e. The van der Waals surface area contributed by atoms with Gasteiger partial charge in [0.1, 0.15) is 35.4 Å². The van der Waals surface area contributed by atoms with Gasteiger partial charge in [0, 0.05) is 69.8 Å². The van der Waals surface area contributed by atoms with E-state index in [4.69, 9.17) is 25.8 Å². The summed E-state index contributed by atoms with van der Waals surface area (Å²) in [5.41, 5.74) is 0.118. The van der Waals surface area contributed by atoms with Crippen LogP contribution < -0.4 is 20.9 Å². The molecule has 438 valence electrons. The molecule has 1 saturated carbocycles. The zero-order valence-corrected chi connectivity index (χ0v) is 49.2. The van der Waals surface area contributed by atoms with Gasteiger partial charge in [0.25, 0.3) is 0 Å². The molecule has 79 heavy (non-hydrogen) atoms. The molecule has 1 aromatic carbocycles. The fourth-order valence-electron chi connectivity index (χ4n) is 10.8. The zero-order valence-electron chi connectivity index (χ0n) is 47.7. The van der Waals surface area contributed by atoms with Crippen molar-refractivity contribution in [2.24, 2.45) is 23.7 Å². The molecule has 10 atom stereocenters. The van der Waals surface area contributed by atoms with Crippen LogP contribution in [-0.4, -0.2) is 142 Å². The van der Waals surface area contributed by atoms with Crippen LogP contribution in [0, 0.1) is 30.6 Å². The molecule has 0 aromatic heterocycles. The van der Waals surface area contributed by atoms with Crippen molar-refractivity contribution in [3.8, 4) is 0 Å². The van der Waals surface area contributed by atoms with Crippen LogP contribution >= 0.6 is 23.4 Å². The molecule has 3 aliphatic heterocycles. The molecule has 1 aliphatic carbocycles. The first-order valence-corrected chi connectivity index (χ1v) is 29.3. The van der Waals surface area contributed by atoms with Gasteiger partial charge < -0.3 is 44.9 Å². The molecule has 1 aromatic rings. The van der Waals surface area contributed by atoms with Crippen molar-refractivity contribution < 1.29 is 67.6 Å². The van der Waals surface area contributed by atoms with Gasteiger partial charge in [-0.3, -0.25) is 38.9 Å². The number of hydrogen-bond donors (Lipinski definition) is 5. The number of anilines is 1. The Hall–Kier alpha value is -5.31. The van der Waals surface area contributed by atoms with Crippen molar-refractivity contribution in [3.63, 3.8) is 0 Å². The number of nitrogens with zero attached hydrogens (tertiary/aromatic N) is 2. The van der Waals surface area contributed by atoms with Gasteiger partial charge in [-0.15, -0.1) is 11.8 Å². The Labute approximate surface area is 474 Å². The number of Topliss-reactive ketones (excluding diaryl/α,β-unsaturated/α-hetero) is 2. The maximum absolute atomic E-state index is 14.3. The summed E-state index contributed by atoms with van der Waals surface area (Å²) in [6.07, 6.45) is 7.87. The normalized spacial score (nSPS) is 28.4. The van der Waals surface area contributed by atoms with Crippen LogP contribution in [0.1, 0.15) is 149 Å². The maximum Gasteiger partial charge on any atom is 0.409 e. The number of alkyl carbamates (subject to hydrolysis) is 1. The van der Waals surface area contributed by atoms with Gasteiger partial charge in [-0.05, 0) is 103 Å². The van der Waals surface area contributed by atoms with Crippen molar-refractivity contribution >= 4 is 82.3 Å². The van der Waals surface area contributed by atoms with Crippen LogP contribution in [0.3, 0.4) is 0 Å². The summed E-state index contributed by atoms with van der Waals surface area (Å²) in [6.45, 7) is 14.1. The van der Waals surface area contributed by atoms with Crippen LogP contribution in [0.2, 0.25) is 5.02 Å². The Balaban J connectivity index is 1.17. The third-order valence-electron chi connectivity index (χ3n) is 16.4. The number of likely N-dealkylation sites (N-methyl/N-ethyl adjacent to an activating group) is 1. The standard InChI is InChI=1S/C58H84ClN5O14S/c1-11-48(67)61-42(38(7)65)18-13-12-14-19-44(66)41-22-20-39(21-23-41)32-60-54(72)46(29-51(70)71)79-25-24-49(68)63(9)37(6)55(73)77-47-30-50(69)64(10)43-28-40(27-34(3)52(43)59)26-33(2)16-15-17-35(4)58(75)31-45(76-56(74)62-58)36(5)53-57(47,8)78-53/h15-17,27-28,35-37,39,41-42,45-47,53,75H,11-14,18-26,29-32H2,1-10H3,(H,60,72)(H,61,67)(H,62,74)(H,70,71)/b17-15+,33-16+/t35-,36+,37-,39?,41?,42?,45?,46?,47+,53-,57-,58-/m0/s1. The number of aryl methyl sites for hydroxylation is 1. The number of thioether (sulfide) groups is 1. The van der Waals surface area contributed by atoms with Crippen LogP contribution in [-0.2, 0) is 59.0 Å². The lowest BCUT2D eigenvalue weighted by Crippen LogP contribution is -2.60. The predicted molar refractivity (Wildman–Crippen MR) is 300 cm³/mol. The Bertz CT molecular complexity index is 2480. The van der Waals surface area contributed by atoms with E-state index in [0.29, 0.717) is 62.2 Å². The minimum Gasteiger partial charge on any atom is -0.481 e. The Kier molecular flexibility index (Phi) is 23.6. The van der Waals surface area contributed by atoms with E-state index in [9.17, 15) is 53.4 Å². The van der Waals surface area contributed by atoms with Crippen molar-refractivity contribution in [2.45, 2.75) is 199 Å². The van der Waals surface area contributed by atoms with Gasteiger partial charge in [-0.25, -0.2) is 9.59 Å². The summed E-state index contributed by atoms with van der Waals surface area (Å²) >= 11 is 7.86. The van der Waals surface area contributed by atoms with E-state index < -0.39 is 101 Å². The number of carbonyl (C=O) groups is 9. The second kappa shape index (κ2) is 28.9. The number of aliphatic hydroxyl groups is 1. The predicted octanol–water partition coefficient (Wildman–Crippen LogP) is 7.33. The third-order valence-corrected chi connectivity index (χ3v) is 18.1. The lowest BCUT2D eigenvalue weighted by molar-refractivity contribution is -0.162. The first kappa shape index (κ1) is 64.5. The Morgan fingerprint density at radius 2 is 1.73 bits per heavy atom. The highest BCUT2D eigenvalue weighted by atomic mass is 35.5. The molecule has 21 heteroatoms. The molecule has 3 unspecified atom stereocenters. The molecular formula is C58H84ClN5O14S. The van der Waals surface area contributed by atoms with Gasteiger partial charge in [-0.2, -0.15) is 0 Å². The summed E-state index contributed by atoms with van der Waals surface area (Å²) in [6, 6.07) is 2.11. The fourth-order valence-corrected chi connectivity index (χ4v) is 12.1. The number of nitrogens with one attached hydrogen (secondary N) is 3. The quantitative estimate of drug-likeness (QED) is 0.0432. The molecule has 4 bridgehead atoms. The van der Waals surface area contributed by atoms with Crippen molar-refractivity contribution in [1.29, 1.82) is 0 Å². The minimum atomic E-state index is -1.67. The summed E-state index contributed by atoms with van der Waals surface area (Å²) in [4.78, 5) is 120. The van der Waals surface area contributed by atoms with E-state index in [0.717, 1.165) is 54.1 Å². The number of hydrogen-bond acceptors (Lipinski definition) is 14. The number of halogens is 1. The van der Waals surface area contributed by atoms with Gasteiger partial charge in [-0.1, -0.05) is 75.1 Å². The third kappa shape index (κ3) is 17.8. The number of carbonyl (C=O) groups excluding carboxylic acids is 8. The SMILES string of the molecule is CCC(=O)NC(CCCCCC(=O)C1CCC(CNC(=O)C(CC(=O)O)SCCC(=O)N(C)[C@@H](C)C(=O)O[C@@H]2CC(=O)N(C)c3cc(cc(C)c3Cl)C/C(C)=C/C=C/[C@H](C)[C@@]3(O)CC(OC(=O)N3)[C@@H](C)[C@@H]3O[C@@]23C)CC1)C(C)=O. The number of amides is 5. The largest absolute Gasteiger partial charge is 0.481 e. The summed E-state index contributed by atoms with van der Waals surface area (Å²) in [5, 5.41) is 29.1. The maximum atomic E-state index is 14.3. The number of carboxylic acid groups (broad SMARTS) is 1. The highest BCUT2D eigenvalue weighted by molar-refractivity contribution is 8.00. The molecule has 2 saturated heterocycles. The van der Waals surface area contributed by atoms with Gasteiger partial charge >= 0.3 is 18.0 Å². The number of ether oxygens (including phenoxy) is 3. The molecule has 0 radical (unpaired) electrons. The number of ketones is 2. The molecule has 0 spiro atoms. The number of epoxide rings is 1. The minimum absolute atomic E-state index is 0.00908. The van der Waals surface area contributed by atoms with Crippen LogP contribution in [0.4, 0.5) is 10.5 Å². The van der Waals surface area contributed by atoms with Crippen molar-refractivity contribution in [2.75, 3.05) is 31.3 Å². The number of allylic oxidation sites excluding steroid dienone is 3. The van der Waals surface area contributed by atoms with E-state index in [2.05, 4.69) is 16.0 Å². The first-order valence-electron chi connectivity index (χ1n) is 27.9. The van der Waals surface area contributed by atoms with E-state index in [1.54, 1.807) is 34.7 Å². The van der Waals surface area contributed by atoms with Crippen molar-refractivity contribution in [3.05, 3.63) is 52.1 Å². The average molecular weight is 1140 g/mol. The lowest BCUT2D eigenvalue weighted by Gasteiger charge is -2.41. The summed E-state index contributed by atoms with van der Waals surface area (Å²) in [5.74, 6) is -4.43. The summed E-state index contributed by atoms with van der Waals surface area (Å²) in [7, 11) is 3.01. The first-order chi connectivity index (χ1) is 37.2. The highest BCUT2D eigenvalue weighted by Crippen LogP contribution is 2.49. The van der Waals surface area contributed by atoms with Gasteiger partial charge in [0.15, 0.2) is 5.78 Å². The average Bonchev–Trinajstić information content (AvgIpc) is 4.23. The lowest BCUT2D eigenvalue weighted by atomic mass is 9.79. The number of fused-ring (bicyclic) bond motifs is 5. The molecule has 5 rings (SSSR count). The topological polar surface area (TPSA) is 268 Å². The fraction of sp³-hybridized carbons (Fsp3) is 0.672. The van der Waals surface area contributed by atoms with Crippen LogP contribution in [0.5, 0.6) is 0 Å². The molecule has 3 fully saturated rings. The number of benzene rings is 1. The summed E-state index contributed by atoms with van der Waals surface area (Å²) < 4.78 is 18.2. The molecule has 4 aliphatic rings. The van der Waals surface area contributed by atoms with E-state index in [1.807, 2.05) is 44.2 Å². The number of unbranched alkanes of at least 4 members (excludes halogenated alkanes) is 2. The van der Waals surface area contributed by atoms with Gasteiger partial charge in [0.05, 0.1) is 40.9 Å². The monoisotopic (exact) mass is 1140 g/mol. The molecule has 3 heterocycles. The molecule has 5 amide bonds. The molecular weight excluding hydrogens is 1060 g/mol. The van der Waals surface area contributed by atoms with E-state index in [1.165, 1.54) is 30.7 Å². The second-order valence-corrected chi connectivity index (χ2v) is 24.2. The van der Waals surface area contributed by atoms with Crippen molar-refractivity contribution in [1.82, 2.24) is 20.9 Å².